The molecule has 1 aromatic carbocycles. The standard InChI is InChI=1S/C12H13Cl2NO2.C5H10O2/c1-6(16)8-3-9(13)11(14)10(12(8)17-2)7-4-15-5-7;1-5(2,3)7-4-6/h3,7,15H,4-5H2,1-2H3;4H,1-3H3. The topological polar surface area (TPSA) is 64.6 Å². The van der Waals surface area contributed by atoms with E-state index in [0.29, 0.717) is 27.8 Å². The highest BCUT2D eigenvalue weighted by Gasteiger charge is 2.29. The predicted octanol–water partition coefficient (Wildman–Crippen LogP) is 3.85. The van der Waals surface area contributed by atoms with Gasteiger partial charge in [0.15, 0.2) is 5.78 Å². The van der Waals surface area contributed by atoms with Crippen LogP contribution in [0.4, 0.5) is 0 Å². The number of hydrogen-bond acceptors (Lipinski definition) is 5. The SMILES string of the molecule is CC(C)(C)OC=O.COc1c(C(C)=O)cc(Cl)c(Cl)c1C1CNC1. The third-order valence-corrected chi connectivity index (χ3v) is 4.18. The molecule has 0 aromatic heterocycles. The molecule has 0 radical (unpaired) electrons. The smallest absolute Gasteiger partial charge is 0.293 e. The van der Waals surface area contributed by atoms with Gasteiger partial charge in [0, 0.05) is 24.6 Å². The van der Waals surface area contributed by atoms with Gasteiger partial charge in [-0.25, -0.2) is 0 Å². The first-order valence-electron chi connectivity index (χ1n) is 7.51. The van der Waals surface area contributed by atoms with Crippen LogP contribution < -0.4 is 10.1 Å². The number of halogens is 2. The van der Waals surface area contributed by atoms with Gasteiger partial charge in [-0.05, 0) is 33.8 Å². The lowest BCUT2D eigenvalue weighted by atomic mass is 9.90. The maximum atomic E-state index is 11.6. The first-order chi connectivity index (χ1) is 11.1. The summed E-state index contributed by atoms with van der Waals surface area (Å²) in [6.45, 7) is 9.07. The van der Waals surface area contributed by atoms with Crippen molar-refractivity contribution < 1.29 is 19.1 Å². The summed E-state index contributed by atoms with van der Waals surface area (Å²) in [6, 6.07) is 1.57. The van der Waals surface area contributed by atoms with Crippen molar-refractivity contribution in [3.8, 4) is 5.75 Å². The molecule has 0 saturated carbocycles. The molecule has 0 amide bonds. The van der Waals surface area contributed by atoms with E-state index in [1.165, 1.54) is 6.92 Å². The van der Waals surface area contributed by atoms with Crippen LogP contribution in [0, 0.1) is 0 Å². The van der Waals surface area contributed by atoms with E-state index in [1.54, 1.807) is 13.2 Å². The summed E-state index contributed by atoms with van der Waals surface area (Å²) in [7, 11) is 1.54. The van der Waals surface area contributed by atoms with Crippen molar-refractivity contribution in [2.24, 2.45) is 0 Å². The van der Waals surface area contributed by atoms with Gasteiger partial charge in [-0.15, -0.1) is 0 Å². The zero-order valence-corrected chi connectivity index (χ0v) is 16.0. The number of rotatable bonds is 4. The largest absolute Gasteiger partial charge is 0.496 e. The fourth-order valence-corrected chi connectivity index (χ4v) is 2.62. The molecule has 134 valence electrons. The number of methoxy groups -OCH3 is 1. The lowest BCUT2D eigenvalue weighted by molar-refractivity contribution is -0.138. The van der Waals surface area contributed by atoms with E-state index in [9.17, 15) is 9.59 Å². The Morgan fingerprint density at radius 3 is 2.21 bits per heavy atom. The van der Waals surface area contributed by atoms with Crippen LogP contribution in [0.2, 0.25) is 10.0 Å². The Bertz CT molecular complexity index is 608. The quantitative estimate of drug-likeness (QED) is 0.639. The van der Waals surface area contributed by atoms with Crippen LogP contribution in [0.3, 0.4) is 0 Å². The molecule has 1 fully saturated rings. The molecule has 2 rings (SSSR count). The molecular formula is C17H23Cl2NO4. The molecule has 1 aliphatic rings. The van der Waals surface area contributed by atoms with Crippen LogP contribution in [0.15, 0.2) is 6.07 Å². The number of carbonyl (C=O) groups excluding carboxylic acids is 2. The van der Waals surface area contributed by atoms with Crippen LogP contribution in [0.1, 0.15) is 49.5 Å². The van der Waals surface area contributed by atoms with E-state index in [0.717, 1.165) is 18.7 Å². The average Bonchev–Trinajstić information content (AvgIpc) is 2.40. The summed E-state index contributed by atoms with van der Waals surface area (Å²) >= 11 is 12.3. The number of ether oxygens (including phenoxy) is 2. The summed E-state index contributed by atoms with van der Waals surface area (Å²) in [5.74, 6) is 0.738. The van der Waals surface area contributed by atoms with E-state index in [4.69, 9.17) is 27.9 Å². The highest BCUT2D eigenvalue weighted by atomic mass is 35.5. The maximum absolute atomic E-state index is 11.6. The molecule has 0 aliphatic carbocycles. The molecule has 1 aromatic rings. The zero-order valence-electron chi connectivity index (χ0n) is 14.5. The lowest BCUT2D eigenvalue weighted by Gasteiger charge is -2.30. The minimum absolute atomic E-state index is 0.0750. The normalized spacial score (nSPS) is 14.1. The van der Waals surface area contributed by atoms with Gasteiger partial charge >= 0.3 is 0 Å². The van der Waals surface area contributed by atoms with E-state index >= 15 is 0 Å². The van der Waals surface area contributed by atoms with Crippen molar-refractivity contribution in [3.63, 3.8) is 0 Å². The van der Waals surface area contributed by atoms with Gasteiger partial charge < -0.3 is 14.8 Å². The number of nitrogens with one attached hydrogen (secondary N) is 1. The summed E-state index contributed by atoms with van der Waals surface area (Å²) in [5.41, 5.74) is 1.01. The van der Waals surface area contributed by atoms with Crippen molar-refractivity contribution in [2.45, 2.75) is 39.2 Å². The van der Waals surface area contributed by atoms with Gasteiger partial charge in [-0.2, -0.15) is 0 Å². The third-order valence-electron chi connectivity index (χ3n) is 3.38. The fourth-order valence-electron chi connectivity index (χ4n) is 2.11. The number of Topliss-reactive ketones (excluding diaryl/α,β-unsaturated/α-hetero) is 1. The Morgan fingerprint density at radius 1 is 1.33 bits per heavy atom. The Labute approximate surface area is 152 Å². The van der Waals surface area contributed by atoms with Crippen LogP contribution in [-0.4, -0.2) is 38.1 Å². The second-order valence-corrected chi connectivity index (χ2v) is 7.19. The van der Waals surface area contributed by atoms with Crippen LogP contribution in [-0.2, 0) is 9.53 Å². The van der Waals surface area contributed by atoms with Gasteiger partial charge in [0.05, 0.1) is 22.7 Å². The summed E-state index contributed by atoms with van der Waals surface area (Å²) < 4.78 is 9.89. The van der Waals surface area contributed by atoms with Crippen molar-refractivity contribution in [2.75, 3.05) is 20.2 Å². The summed E-state index contributed by atoms with van der Waals surface area (Å²) in [4.78, 5) is 21.2. The van der Waals surface area contributed by atoms with Crippen molar-refractivity contribution in [3.05, 3.63) is 27.2 Å². The molecule has 0 bridgehead atoms. The number of benzene rings is 1. The number of hydrogen-bond donors (Lipinski definition) is 1. The highest BCUT2D eigenvalue weighted by Crippen LogP contribution is 2.42. The van der Waals surface area contributed by atoms with Crippen LogP contribution >= 0.6 is 23.2 Å². The van der Waals surface area contributed by atoms with Crippen LogP contribution in [0.5, 0.6) is 5.75 Å². The van der Waals surface area contributed by atoms with E-state index < -0.39 is 0 Å². The molecular weight excluding hydrogens is 353 g/mol. The van der Waals surface area contributed by atoms with Gasteiger partial charge in [-0.3, -0.25) is 9.59 Å². The lowest BCUT2D eigenvalue weighted by Crippen LogP contribution is -2.40. The summed E-state index contributed by atoms with van der Waals surface area (Å²) in [6.07, 6.45) is 0. The predicted molar refractivity (Wildman–Crippen MR) is 95.5 cm³/mol. The van der Waals surface area contributed by atoms with Gasteiger partial charge in [0.2, 0.25) is 0 Å². The minimum atomic E-state index is -0.318. The van der Waals surface area contributed by atoms with Gasteiger partial charge in [-0.1, -0.05) is 23.2 Å². The Kier molecular flexibility index (Phi) is 7.52. The molecule has 1 aliphatic heterocycles. The van der Waals surface area contributed by atoms with Gasteiger partial charge in [0.1, 0.15) is 11.4 Å². The number of carbonyl (C=O) groups is 2. The molecule has 1 N–H and O–H groups in total. The zero-order chi connectivity index (χ0) is 18.5. The second kappa shape index (κ2) is 8.70. The first-order valence-corrected chi connectivity index (χ1v) is 8.27. The van der Waals surface area contributed by atoms with E-state index in [-0.39, 0.29) is 17.3 Å². The van der Waals surface area contributed by atoms with Crippen molar-refractivity contribution >= 4 is 35.5 Å². The number of ketones is 1. The molecule has 7 heteroatoms. The van der Waals surface area contributed by atoms with Crippen molar-refractivity contribution in [1.29, 1.82) is 0 Å². The Balaban J connectivity index is 0.000000351. The van der Waals surface area contributed by atoms with Gasteiger partial charge in [0.25, 0.3) is 6.47 Å². The molecule has 0 atom stereocenters. The Morgan fingerprint density at radius 2 is 1.92 bits per heavy atom. The monoisotopic (exact) mass is 375 g/mol. The van der Waals surface area contributed by atoms with E-state index in [1.807, 2.05) is 20.8 Å². The molecule has 1 saturated heterocycles. The Hall–Kier alpha value is -1.30. The molecule has 1 heterocycles. The first kappa shape index (κ1) is 20.7. The fraction of sp³-hybridized carbons (Fsp3) is 0.529. The third kappa shape index (κ3) is 5.36. The average molecular weight is 376 g/mol. The highest BCUT2D eigenvalue weighted by molar-refractivity contribution is 6.43. The molecule has 0 spiro atoms. The summed E-state index contributed by atoms with van der Waals surface area (Å²) in [5, 5.41) is 4.05. The van der Waals surface area contributed by atoms with Crippen LogP contribution in [0.25, 0.3) is 0 Å². The second-order valence-electron chi connectivity index (χ2n) is 6.40. The van der Waals surface area contributed by atoms with E-state index in [2.05, 4.69) is 10.1 Å². The molecule has 0 unspecified atom stereocenters. The minimum Gasteiger partial charge on any atom is -0.496 e. The maximum Gasteiger partial charge on any atom is 0.293 e. The molecule has 24 heavy (non-hydrogen) atoms. The molecule has 5 nitrogen and oxygen atoms in total. The van der Waals surface area contributed by atoms with Crippen molar-refractivity contribution in [1.82, 2.24) is 5.32 Å².